The molecule has 8 heteroatoms. The molecule has 150 valence electrons. The second-order valence-corrected chi connectivity index (χ2v) is 8.58. The van der Waals surface area contributed by atoms with E-state index in [1.54, 1.807) is 22.7 Å². The zero-order valence-electron chi connectivity index (χ0n) is 15.7. The third-order valence-electron chi connectivity index (χ3n) is 5.22. The van der Waals surface area contributed by atoms with Gasteiger partial charge in [-0.15, -0.1) is 0 Å². The molecule has 0 fully saturated rings. The minimum atomic E-state index is -0.635. The lowest BCUT2D eigenvalue weighted by Crippen LogP contribution is -2.39. The number of aryl methyl sites for hydroxylation is 1. The normalized spacial score (nSPS) is 16.1. The third-order valence-corrected chi connectivity index (χ3v) is 6.43. The van der Waals surface area contributed by atoms with Gasteiger partial charge in [-0.2, -0.15) is 5.10 Å². The van der Waals surface area contributed by atoms with Crippen LogP contribution in [0.2, 0.25) is 5.02 Å². The highest BCUT2D eigenvalue weighted by molar-refractivity contribution is 14.1. The number of hydrogen-bond donors (Lipinski definition) is 0. The Labute approximate surface area is 185 Å². The van der Waals surface area contributed by atoms with Gasteiger partial charge in [-0.25, -0.2) is 8.78 Å². The highest BCUT2D eigenvalue weighted by Crippen LogP contribution is 2.37. The van der Waals surface area contributed by atoms with Crippen molar-refractivity contribution in [2.45, 2.75) is 19.4 Å². The van der Waals surface area contributed by atoms with Crippen molar-refractivity contribution in [2.24, 2.45) is 7.05 Å². The van der Waals surface area contributed by atoms with Crippen LogP contribution in [-0.2, 0) is 13.5 Å². The molecule has 0 bridgehead atoms. The van der Waals surface area contributed by atoms with E-state index in [4.69, 9.17) is 11.6 Å². The summed E-state index contributed by atoms with van der Waals surface area (Å²) in [6.07, 6.45) is 0.535. The van der Waals surface area contributed by atoms with Crippen molar-refractivity contribution in [1.82, 2.24) is 14.7 Å². The van der Waals surface area contributed by atoms with Crippen LogP contribution in [0.3, 0.4) is 0 Å². The second kappa shape index (κ2) is 7.68. The number of nitrogens with zero attached hydrogens (tertiary/aromatic N) is 3. The fourth-order valence-electron chi connectivity index (χ4n) is 3.92. The molecule has 0 N–H and O–H groups in total. The molecule has 1 amide bonds. The quantitative estimate of drug-likeness (QED) is 0.420. The van der Waals surface area contributed by atoms with Gasteiger partial charge in [-0.1, -0.05) is 17.7 Å². The van der Waals surface area contributed by atoms with Gasteiger partial charge < -0.3 is 4.90 Å². The molecule has 1 aliphatic heterocycles. The largest absolute Gasteiger partial charge is 0.330 e. The first-order valence-electron chi connectivity index (χ1n) is 9.05. The van der Waals surface area contributed by atoms with Gasteiger partial charge in [0.1, 0.15) is 11.6 Å². The van der Waals surface area contributed by atoms with Crippen molar-refractivity contribution in [3.63, 3.8) is 0 Å². The summed E-state index contributed by atoms with van der Waals surface area (Å²) in [5.74, 6) is -1.42. The van der Waals surface area contributed by atoms with Crippen molar-refractivity contribution in [3.8, 4) is 11.3 Å². The molecule has 1 aliphatic rings. The Morgan fingerprint density at radius 1 is 1.24 bits per heavy atom. The fraction of sp³-hybridized carbons (Fsp3) is 0.238. The predicted molar refractivity (Wildman–Crippen MR) is 116 cm³/mol. The fourth-order valence-corrected chi connectivity index (χ4v) is 5.06. The molecule has 0 radical (unpaired) electrons. The van der Waals surface area contributed by atoms with Crippen LogP contribution in [0.4, 0.5) is 8.78 Å². The van der Waals surface area contributed by atoms with E-state index < -0.39 is 11.6 Å². The van der Waals surface area contributed by atoms with Gasteiger partial charge >= 0.3 is 0 Å². The van der Waals surface area contributed by atoms with E-state index in [-0.39, 0.29) is 11.9 Å². The first-order valence-corrected chi connectivity index (χ1v) is 10.5. The molecule has 2 heterocycles. The molecule has 0 saturated carbocycles. The van der Waals surface area contributed by atoms with Crippen LogP contribution >= 0.6 is 34.2 Å². The van der Waals surface area contributed by atoms with Crippen molar-refractivity contribution in [2.75, 3.05) is 6.54 Å². The highest BCUT2D eigenvalue weighted by atomic mass is 127. The number of rotatable bonds is 2. The summed E-state index contributed by atoms with van der Waals surface area (Å²) < 4.78 is 29.9. The summed E-state index contributed by atoms with van der Waals surface area (Å²) in [4.78, 5) is 15.0. The predicted octanol–water partition coefficient (Wildman–Crippen LogP) is 5.38. The Bertz CT molecular complexity index is 1090. The van der Waals surface area contributed by atoms with Gasteiger partial charge in [0.15, 0.2) is 0 Å². The average Bonchev–Trinajstić information content (AvgIpc) is 2.98. The van der Waals surface area contributed by atoms with Crippen LogP contribution < -0.4 is 0 Å². The topological polar surface area (TPSA) is 38.1 Å². The number of carbonyl (C=O) groups excluding carboxylic acids is 1. The molecule has 0 spiro atoms. The monoisotopic (exact) mass is 527 g/mol. The lowest BCUT2D eigenvalue weighted by atomic mass is 9.95. The van der Waals surface area contributed by atoms with Crippen LogP contribution in [0, 0.1) is 15.2 Å². The zero-order valence-corrected chi connectivity index (χ0v) is 18.6. The minimum Gasteiger partial charge on any atom is -0.330 e. The Balaban J connectivity index is 1.74. The van der Waals surface area contributed by atoms with E-state index in [1.165, 1.54) is 12.1 Å². The van der Waals surface area contributed by atoms with E-state index >= 15 is 0 Å². The molecule has 0 aliphatic carbocycles. The second-order valence-electron chi connectivity index (χ2n) is 7.02. The van der Waals surface area contributed by atoms with E-state index in [9.17, 15) is 13.6 Å². The smallest absolute Gasteiger partial charge is 0.257 e. The molecule has 2 aromatic carbocycles. The van der Waals surface area contributed by atoms with E-state index in [1.807, 2.05) is 19.1 Å². The molecule has 4 nitrogen and oxygen atoms in total. The summed E-state index contributed by atoms with van der Waals surface area (Å²) in [5, 5.41) is 5.00. The van der Waals surface area contributed by atoms with Gasteiger partial charge in [0.05, 0.1) is 28.0 Å². The molecule has 0 saturated heterocycles. The number of aromatic nitrogens is 2. The first kappa shape index (κ1) is 20.3. The summed E-state index contributed by atoms with van der Waals surface area (Å²) >= 11 is 8.39. The third kappa shape index (κ3) is 3.54. The van der Waals surface area contributed by atoms with Gasteiger partial charge in [0.25, 0.3) is 5.91 Å². The van der Waals surface area contributed by atoms with E-state index in [2.05, 4.69) is 27.7 Å². The van der Waals surface area contributed by atoms with Gasteiger partial charge in [0.2, 0.25) is 0 Å². The molecular weight excluding hydrogens is 511 g/mol. The average molecular weight is 528 g/mol. The number of halogens is 4. The number of fused-ring (bicyclic) bond motifs is 1. The molecule has 29 heavy (non-hydrogen) atoms. The van der Waals surface area contributed by atoms with Crippen LogP contribution in [0.1, 0.15) is 34.6 Å². The standard InChI is InChI=1S/C21H17ClF2IN3O/c1-11-19-15(20(27(2)26-19)12-8-13(23)10-14(24)9-12)6-7-28(11)21(29)18-16(22)4-3-5-17(18)25/h3-5,8-11H,6-7H2,1-2H3/t11-/m0/s1. The summed E-state index contributed by atoms with van der Waals surface area (Å²) in [6, 6.07) is 8.51. The highest BCUT2D eigenvalue weighted by Gasteiger charge is 2.34. The van der Waals surface area contributed by atoms with Crippen molar-refractivity contribution in [1.29, 1.82) is 0 Å². The number of hydrogen-bond acceptors (Lipinski definition) is 2. The Kier molecular flexibility index (Phi) is 5.37. The van der Waals surface area contributed by atoms with Crippen LogP contribution in [-0.4, -0.2) is 27.1 Å². The maximum Gasteiger partial charge on any atom is 0.257 e. The van der Waals surface area contributed by atoms with Crippen LogP contribution in [0.25, 0.3) is 11.3 Å². The Hall–Kier alpha value is -2.00. The van der Waals surface area contributed by atoms with Crippen LogP contribution in [0.5, 0.6) is 0 Å². The Morgan fingerprint density at radius 2 is 1.93 bits per heavy atom. The van der Waals surface area contributed by atoms with E-state index in [0.29, 0.717) is 34.8 Å². The minimum absolute atomic E-state index is 0.151. The maximum atomic E-state index is 13.8. The molecule has 4 rings (SSSR count). The summed E-state index contributed by atoms with van der Waals surface area (Å²) in [5.41, 5.74) is 3.22. The molecule has 1 atom stereocenters. The summed E-state index contributed by atoms with van der Waals surface area (Å²) in [6.45, 7) is 2.37. The van der Waals surface area contributed by atoms with Crippen molar-refractivity contribution < 1.29 is 13.6 Å². The zero-order chi connectivity index (χ0) is 20.9. The molecule has 3 aromatic rings. The lowest BCUT2D eigenvalue weighted by Gasteiger charge is -2.33. The Morgan fingerprint density at radius 3 is 2.59 bits per heavy atom. The number of carbonyl (C=O) groups is 1. The van der Waals surface area contributed by atoms with Crippen molar-refractivity contribution in [3.05, 3.63) is 73.4 Å². The van der Waals surface area contributed by atoms with Gasteiger partial charge in [-0.05, 0) is 60.2 Å². The molecule has 1 aromatic heterocycles. The van der Waals surface area contributed by atoms with Gasteiger partial charge in [0, 0.05) is 34.4 Å². The summed E-state index contributed by atoms with van der Waals surface area (Å²) in [7, 11) is 1.74. The van der Waals surface area contributed by atoms with Gasteiger partial charge in [-0.3, -0.25) is 9.48 Å². The van der Waals surface area contributed by atoms with Crippen LogP contribution in [0.15, 0.2) is 36.4 Å². The van der Waals surface area contributed by atoms with E-state index in [0.717, 1.165) is 20.9 Å². The number of benzene rings is 2. The first-order chi connectivity index (χ1) is 13.8. The lowest BCUT2D eigenvalue weighted by molar-refractivity contribution is 0.0672. The molecular formula is C21H17ClF2IN3O. The van der Waals surface area contributed by atoms with Crippen molar-refractivity contribution >= 4 is 40.1 Å². The maximum absolute atomic E-state index is 13.8. The number of amides is 1. The SMILES string of the molecule is C[C@H]1c2nn(C)c(-c3cc(F)cc(F)c3)c2CCN1C(=O)c1c(Cl)cccc1I. The molecule has 0 unspecified atom stereocenters.